The second-order valence-corrected chi connectivity index (χ2v) is 4.77. The molecule has 7 heteroatoms. The fourth-order valence-electron chi connectivity index (χ4n) is 1.16. The molecule has 0 aliphatic heterocycles. The van der Waals surface area contributed by atoms with Crippen LogP contribution in [0.15, 0.2) is 23.2 Å². The minimum atomic E-state index is -3.66. The molecule has 0 fully saturated rings. The number of nitrogens with one attached hydrogen (secondary N) is 1. The number of nitrogens with zero attached hydrogens (tertiary/aromatic N) is 2. The lowest BCUT2D eigenvalue weighted by Gasteiger charge is -2.19. The van der Waals surface area contributed by atoms with Crippen molar-refractivity contribution in [3.05, 3.63) is 18.3 Å². The number of nitrogens with two attached hydrogens (primary N) is 1. The van der Waals surface area contributed by atoms with Crippen LogP contribution in [-0.2, 0) is 10.0 Å². The van der Waals surface area contributed by atoms with E-state index >= 15 is 0 Å². The molecule has 0 unspecified atom stereocenters. The van der Waals surface area contributed by atoms with Crippen molar-refractivity contribution >= 4 is 15.8 Å². The third kappa shape index (κ3) is 3.44. The van der Waals surface area contributed by atoms with Crippen molar-refractivity contribution in [2.75, 3.05) is 18.5 Å². The van der Waals surface area contributed by atoms with Crippen LogP contribution in [-0.4, -0.2) is 31.5 Å². The Morgan fingerprint density at radius 3 is 2.38 bits per heavy atom. The third-order valence-electron chi connectivity index (χ3n) is 2.10. The molecule has 0 saturated heterocycles. The van der Waals surface area contributed by atoms with E-state index in [-0.39, 0.29) is 4.90 Å². The van der Waals surface area contributed by atoms with Crippen molar-refractivity contribution in [1.29, 1.82) is 0 Å². The van der Waals surface area contributed by atoms with Gasteiger partial charge in [0.2, 0.25) is 10.0 Å². The highest BCUT2D eigenvalue weighted by molar-refractivity contribution is 7.89. The first-order valence-corrected chi connectivity index (χ1v) is 6.52. The molecule has 1 heterocycles. The summed E-state index contributed by atoms with van der Waals surface area (Å²) in [5.74, 6) is 0.594. The van der Waals surface area contributed by atoms with E-state index in [0.29, 0.717) is 5.82 Å². The van der Waals surface area contributed by atoms with Gasteiger partial charge < -0.3 is 5.43 Å². The molecule has 1 aromatic heterocycles. The summed E-state index contributed by atoms with van der Waals surface area (Å²) in [4.78, 5) is 3.98. The molecule has 3 N–H and O–H groups in total. The molecule has 16 heavy (non-hydrogen) atoms. The van der Waals surface area contributed by atoms with Gasteiger partial charge in [-0.2, -0.15) is 0 Å². The van der Waals surface area contributed by atoms with E-state index in [2.05, 4.69) is 10.4 Å². The fraction of sp³-hybridized carbons (Fsp3) is 0.444. The maximum absolute atomic E-state index is 11.0. The van der Waals surface area contributed by atoms with Gasteiger partial charge in [0.1, 0.15) is 10.7 Å². The standard InChI is InChI=1S/C9H16N4O2S/c1-3-13(4-2)12-9-6-5-8(7-11-9)16(10,14)15/h5-7H,3-4H2,1-2H3,(H,11,12)(H2,10,14,15). The van der Waals surface area contributed by atoms with E-state index in [1.165, 1.54) is 12.3 Å². The number of anilines is 1. The van der Waals surface area contributed by atoms with Gasteiger partial charge in [0, 0.05) is 19.3 Å². The zero-order valence-electron chi connectivity index (χ0n) is 9.34. The molecule has 90 valence electrons. The first-order chi connectivity index (χ1) is 7.47. The molecule has 6 nitrogen and oxygen atoms in total. The largest absolute Gasteiger partial charge is 0.303 e. The Kier molecular flexibility index (Phi) is 4.22. The van der Waals surface area contributed by atoms with Gasteiger partial charge in [-0.15, -0.1) is 0 Å². The summed E-state index contributed by atoms with van der Waals surface area (Å²) in [5.41, 5.74) is 3.04. The number of hydrogen-bond acceptors (Lipinski definition) is 5. The monoisotopic (exact) mass is 244 g/mol. The van der Waals surface area contributed by atoms with E-state index in [4.69, 9.17) is 5.14 Å². The van der Waals surface area contributed by atoms with Gasteiger partial charge in [-0.25, -0.2) is 23.5 Å². The highest BCUT2D eigenvalue weighted by Gasteiger charge is 2.08. The second kappa shape index (κ2) is 5.24. The number of hydrazine groups is 1. The van der Waals surface area contributed by atoms with Crippen LogP contribution >= 0.6 is 0 Å². The van der Waals surface area contributed by atoms with Crippen LogP contribution < -0.4 is 10.6 Å². The lowest BCUT2D eigenvalue weighted by atomic mass is 10.5. The van der Waals surface area contributed by atoms with Crippen LogP contribution in [0.25, 0.3) is 0 Å². The number of pyridine rings is 1. The third-order valence-corrected chi connectivity index (χ3v) is 3.00. The van der Waals surface area contributed by atoms with Gasteiger partial charge >= 0.3 is 0 Å². The van der Waals surface area contributed by atoms with Gasteiger partial charge in [-0.1, -0.05) is 13.8 Å². The van der Waals surface area contributed by atoms with Gasteiger partial charge in [0.25, 0.3) is 0 Å². The second-order valence-electron chi connectivity index (χ2n) is 3.21. The van der Waals surface area contributed by atoms with E-state index in [0.717, 1.165) is 13.1 Å². The summed E-state index contributed by atoms with van der Waals surface area (Å²) in [7, 11) is -3.66. The highest BCUT2D eigenvalue weighted by atomic mass is 32.2. The molecule has 0 aromatic carbocycles. The van der Waals surface area contributed by atoms with Crippen molar-refractivity contribution in [3.63, 3.8) is 0 Å². The number of primary sulfonamides is 1. The minimum Gasteiger partial charge on any atom is -0.303 e. The van der Waals surface area contributed by atoms with Crippen LogP contribution in [0.5, 0.6) is 0 Å². The minimum absolute atomic E-state index is 0.0117. The van der Waals surface area contributed by atoms with Crippen LogP contribution in [0.1, 0.15) is 13.8 Å². The number of sulfonamides is 1. The summed E-state index contributed by atoms with van der Waals surface area (Å²) in [6.45, 7) is 5.68. The summed E-state index contributed by atoms with van der Waals surface area (Å²) in [5, 5.41) is 6.91. The molecular weight excluding hydrogens is 228 g/mol. The van der Waals surface area contributed by atoms with Crippen molar-refractivity contribution in [2.45, 2.75) is 18.7 Å². The summed E-state index contributed by atoms with van der Waals surface area (Å²) in [6.07, 6.45) is 1.24. The zero-order valence-corrected chi connectivity index (χ0v) is 10.2. The molecule has 0 saturated carbocycles. The van der Waals surface area contributed by atoms with E-state index < -0.39 is 10.0 Å². The smallest absolute Gasteiger partial charge is 0.239 e. The first-order valence-electron chi connectivity index (χ1n) is 4.97. The maximum Gasteiger partial charge on any atom is 0.239 e. The maximum atomic E-state index is 11.0. The van der Waals surface area contributed by atoms with Gasteiger partial charge in [0.05, 0.1) is 0 Å². The van der Waals surface area contributed by atoms with Crippen molar-refractivity contribution in [2.24, 2.45) is 5.14 Å². The molecule has 0 bridgehead atoms. The summed E-state index contributed by atoms with van der Waals surface area (Å²) in [6, 6.07) is 3.01. The normalized spacial score (nSPS) is 11.8. The van der Waals surface area contributed by atoms with Crippen LogP contribution in [0, 0.1) is 0 Å². The average Bonchev–Trinajstić information content (AvgIpc) is 2.25. The summed E-state index contributed by atoms with van der Waals surface area (Å²) >= 11 is 0. The highest BCUT2D eigenvalue weighted by Crippen LogP contribution is 2.09. The van der Waals surface area contributed by atoms with E-state index in [9.17, 15) is 8.42 Å². The Balaban J connectivity index is 2.80. The molecule has 0 radical (unpaired) electrons. The Labute approximate surface area is 95.5 Å². The first kappa shape index (κ1) is 12.9. The quantitative estimate of drug-likeness (QED) is 0.732. The topological polar surface area (TPSA) is 88.3 Å². The predicted molar refractivity (Wildman–Crippen MR) is 62.2 cm³/mol. The SMILES string of the molecule is CCN(CC)Nc1ccc(S(N)(=O)=O)cn1. The number of rotatable bonds is 5. The predicted octanol–water partition coefficient (Wildman–Crippen LogP) is 0.398. The van der Waals surface area contributed by atoms with Gasteiger partial charge in [0.15, 0.2) is 0 Å². The van der Waals surface area contributed by atoms with Crippen LogP contribution in [0.2, 0.25) is 0 Å². The average molecular weight is 244 g/mol. The Morgan fingerprint density at radius 1 is 1.38 bits per heavy atom. The lowest BCUT2D eigenvalue weighted by molar-refractivity contribution is 0.365. The molecule has 0 atom stereocenters. The number of hydrogen-bond donors (Lipinski definition) is 2. The number of aromatic nitrogens is 1. The molecule has 1 aromatic rings. The van der Waals surface area contributed by atoms with Gasteiger partial charge in [-0.3, -0.25) is 0 Å². The van der Waals surface area contributed by atoms with Crippen molar-refractivity contribution in [1.82, 2.24) is 9.99 Å². The molecule has 0 aliphatic rings. The molecule has 0 aliphatic carbocycles. The Morgan fingerprint density at radius 2 is 2.00 bits per heavy atom. The van der Waals surface area contributed by atoms with Crippen molar-refractivity contribution < 1.29 is 8.42 Å². The van der Waals surface area contributed by atoms with Crippen LogP contribution in [0.3, 0.4) is 0 Å². The van der Waals surface area contributed by atoms with E-state index in [1.807, 2.05) is 18.9 Å². The fourth-order valence-corrected chi connectivity index (χ4v) is 1.62. The molecule has 0 amide bonds. The van der Waals surface area contributed by atoms with Crippen LogP contribution in [0.4, 0.5) is 5.82 Å². The van der Waals surface area contributed by atoms with E-state index in [1.54, 1.807) is 6.07 Å². The lowest BCUT2D eigenvalue weighted by Crippen LogP contribution is -2.29. The summed E-state index contributed by atoms with van der Waals surface area (Å²) < 4.78 is 22.0. The van der Waals surface area contributed by atoms with Crippen molar-refractivity contribution in [3.8, 4) is 0 Å². The molecule has 0 spiro atoms. The molecule has 1 rings (SSSR count). The molecular formula is C9H16N4O2S. The van der Waals surface area contributed by atoms with Gasteiger partial charge in [-0.05, 0) is 12.1 Å². The Hall–Kier alpha value is -1.18. The zero-order chi connectivity index (χ0) is 12.2. The Bertz CT molecular complexity index is 425.